The van der Waals surface area contributed by atoms with E-state index in [0.29, 0.717) is 27.8 Å². The molecule has 2 aromatic heterocycles. The molecule has 3 rings (SSSR count). The number of aryl methyl sites for hydroxylation is 1. The van der Waals surface area contributed by atoms with Crippen LogP contribution in [0.1, 0.15) is 49.9 Å². The third-order valence-corrected chi connectivity index (χ3v) is 5.33. The molecule has 0 saturated heterocycles. The van der Waals surface area contributed by atoms with Crippen LogP contribution in [0.25, 0.3) is 6.08 Å². The Bertz CT molecular complexity index is 1070. The second-order valence-electron chi connectivity index (χ2n) is 6.43. The van der Waals surface area contributed by atoms with Gasteiger partial charge in [-0.05, 0) is 48.9 Å². The number of carbonyl (C=O) groups is 1. The van der Waals surface area contributed by atoms with Crippen molar-refractivity contribution < 1.29 is 27.1 Å². The zero-order valence-electron chi connectivity index (χ0n) is 16.1. The van der Waals surface area contributed by atoms with E-state index in [1.807, 2.05) is 13.0 Å². The Hall–Kier alpha value is -2.94. The van der Waals surface area contributed by atoms with Crippen LogP contribution in [-0.2, 0) is 6.54 Å². The highest BCUT2D eigenvalue weighted by Crippen LogP contribution is 2.28. The summed E-state index contributed by atoms with van der Waals surface area (Å²) >= 11 is 1.39. The van der Waals surface area contributed by atoms with Gasteiger partial charge in [0.05, 0.1) is 18.5 Å². The number of thiophene rings is 1. The molecule has 0 saturated carbocycles. The molecule has 0 aliphatic carbocycles. The third kappa shape index (κ3) is 4.96. The van der Waals surface area contributed by atoms with Crippen molar-refractivity contribution in [1.82, 2.24) is 9.78 Å². The minimum Gasteiger partial charge on any atom is -0.496 e. The number of alkyl halides is 4. The number of nitrogens with zero attached hydrogens (tertiary/aromatic N) is 2. The van der Waals surface area contributed by atoms with E-state index in [1.165, 1.54) is 24.5 Å². The number of hydrogen-bond acceptors (Lipinski definition) is 4. The summed E-state index contributed by atoms with van der Waals surface area (Å²) < 4.78 is 58.4. The van der Waals surface area contributed by atoms with Crippen molar-refractivity contribution in [2.45, 2.75) is 26.3 Å². The SMILES string of the molecule is COc1ccc(/C=C/C(=O)c2ccc(C)s2)cc1Cn1nc(C(F)F)cc1C(F)F. The van der Waals surface area contributed by atoms with E-state index in [2.05, 4.69) is 5.10 Å². The number of aromatic nitrogens is 2. The van der Waals surface area contributed by atoms with Gasteiger partial charge in [-0.15, -0.1) is 11.3 Å². The zero-order chi connectivity index (χ0) is 21.8. The molecule has 0 bridgehead atoms. The van der Waals surface area contributed by atoms with Gasteiger partial charge in [0, 0.05) is 10.4 Å². The molecule has 4 nitrogen and oxygen atoms in total. The Kier molecular flexibility index (Phi) is 6.71. The fraction of sp³-hybridized carbons (Fsp3) is 0.238. The first kappa shape index (κ1) is 21.8. The topological polar surface area (TPSA) is 44.1 Å². The number of ketones is 1. The first-order chi connectivity index (χ1) is 14.3. The summed E-state index contributed by atoms with van der Waals surface area (Å²) in [4.78, 5) is 13.9. The molecule has 0 unspecified atom stereocenters. The van der Waals surface area contributed by atoms with Crippen LogP contribution in [-0.4, -0.2) is 22.7 Å². The molecule has 0 radical (unpaired) electrons. The molecule has 0 N–H and O–H groups in total. The maximum atomic E-state index is 13.3. The summed E-state index contributed by atoms with van der Waals surface area (Å²) in [6.07, 6.45) is -2.88. The van der Waals surface area contributed by atoms with E-state index in [0.717, 1.165) is 9.56 Å². The average molecular weight is 438 g/mol. The van der Waals surface area contributed by atoms with Crippen molar-refractivity contribution >= 4 is 23.2 Å². The lowest BCUT2D eigenvalue weighted by molar-refractivity contribution is 0.105. The molecule has 2 heterocycles. The molecular weight excluding hydrogens is 420 g/mol. The van der Waals surface area contributed by atoms with Crippen molar-refractivity contribution in [3.05, 3.63) is 74.7 Å². The molecule has 0 fully saturated rings. The van der Waals surface area contributed by atoms with Crippen molar-refractivity contribution in [2.75, 3.05) is 7.11 Å². The van der Waals surface area contributed by atoms with Crippen LogP contribution in [0, 0.1) is 6.92 Å². The van der Waals surface area contributed by atoms with Gasteiger partial charge in [0.1, 0.15) is 17.1 Å². The molecular formula is C21H18F4N2O2S. The predicted molar refractivity (Wildman–Crippen MR) is 107 cm³/mol. The molecule has 9 heteroatoms. The summed E-state index contributed by atoms with van der Waals surface area (Å²) in [5.74, 6) is 0.237. The van der Waals surface area contributed by atoms with Gasteiger partial charge in [0.15, 0.2) is 5.78 Å². The number of hydrogen-bond donors (Lipinski definition) is 0. The van der Waals surface area contributed by atoms with Crippen LogP contribution in [0.2, 0.25) is 0 Å². The van der Waals surface area contributed by atoms with Crippen LogP contribution in [0.15, 0.2) is 42.5 Å². The van der Waals surface area contributed by atoms with Crippen LogP contribution >= 0.6 is 11.3 Å². The van der Waals surface area contributed by atoms with Gasteiger partial charge < -0.3 is 4.74 Å². The van der Waals surface area contributed by atoms with Gasteiger partial charge in [0.25, 0.3) is 12.9 Å². The van der Waals surface area contributed by atoms with Crippen LogP contribution in [0.3, 0.4) is 0 Å². The lowest BCUT2D eigenvalue weighted by Gasteiger charge is -2.12. The Morgan fingerprint density at radius 3 is 2.53 bits per heavy atom. The Balaban J connectivity index is 1.88. The van der Waals surface area contributed by atoms with Gasteiger partial charge in [-0.3, -0.25) is 9.48 Å². The largest absolute Gasteiger partial charge is 0.496 e. The van der Waals surface area contributed by atoms with Crippen LogP contribution in [0.4, 0.5) is 17.6 Å². The number of carbonyl (C=O) groups excluding carboxylic acids is 1. The van der Waals surface area contributed by atoms with E-state index in [9.17, 15) is 22.4 Å². The predicted octanol–water partition coefficient (Wildman–Crippen LogP) is 6.08. The minimum absolute atomic E-state index is 0.154. The van der Waals surface area contributed by atoms with Gasteiger partial charge in [-0.2, -0.15) is 5.10 Å². The van der Waals surface area contributed by atoms with E-state index in [1.54, 1.807) is 30.3 Å². The maximum Gasteiger partial charge on any atom is 0.282 e. The highest BCUT2D eigenvalue weighted by molar-refractivity contribution is 7.14. The molecule has 3 aromatic rings. The monoisotopic (exact) mass is 438 g/mol. The highest BCUT2D eigenvalue weighted by atomic mass is 32.1. The number of rotatable bonds is 8. The van der Waals surface area contributed by atoms with Crippen molar-refractivity contribution in [2.24, 2.45) is 0 Å². The standard InChI is InChI=1S/C21H18F4N2O2S/c1-12-3-8-19(30-12)17(28)6-4-13-5-7-18(29-2)14(9-13)11-27-16(21(24)25)10-15(26-27)20(22)23/h3-10,20-21H,11H2,1-2H3/b6-4+. The first-order valence-electron chi connectivity index (χ1n) is 8.88. The van der Waals surface area contributed by atoms with Crippen LogP contribution in [0.5, 0.6) is 5.75 Å². The lowest BCUT2D eigenvalue weighted by Crippen LogP contribution is -2.08. The second-order valence-corrected chi connectivity index (χ2v) is 7.72. The molecule has 1 aromatic carbocycles. The lowest BCUT2D eigenvalue weighted by atomic mass is 10.1. The highest BCUT2D eigenvalue weighted by Gasteiger charge is 2.22. The average Bonchev–Trinajstić information content (AvgIpc) is 3.33. The smallest absolute Gasteiger partial charge is 0.282 e. The van der Waals surface area contributed by atoms with Gasteiger partial charge in [-0.1, -0.05) is 12.1 Å². The van der Waals surface area contributed by atoms with Crippen molar-refractivity contribution in [3.8, 4) is 5.75 Å². The zero-order valence-corrected chi connectivity index (χ0v) is 16.9. The van der Waals surface area contributed by atoms with E-state index < -0.39 is 24.2 Å². The van der Waals surface area contributed by atoms with E-state index in [4.69, 9.17) is 4.74 Å². The second kappa shape index (κ2) is 9.25. The normalized spacial score (nSPS) is 11.7. The molecule has 0 aliphatic rings. The molecule has 0 atom stereocenters. The summed E-state index contributed by atoms with van der Waals surface area (Å²) in [7, 11) is 1.42. The maximum absolute atomic E-state index is 13.3. The Labute approximate surface area is 174 Å². The first-order valence-corrected chi connectivity index (χ1v) is 9.70. The summed E-state index contributed by atoms with van der Waals surface area (Å²) in [5, 5.41) is 3.61. The Morgan fingerprint density at radius 1 is 1.17 bits per heavy atom. The fourth-order valence-corrected chi connectivity index (χ4v) is 3.66. The minimum atomic E-state index is -2.95. The number of methoxy groups -OCH3 is 1. The summed E-state index contributed by atoms with van der Waals surface area (Å²) in [6, 6.07) is 9.27. The molecule has 30 heavy (non-hydrogen) atoms. The van der Waals surface area contributed by atoms with Crippen molar-refractivity contribution in [1.29, 1.82) is 0 Å². The number of allylic oxidation sites excluding steroid dienone is 1. The molecule has 0 spiro atoms. The summed E-state index contributed by atoms with van der Waals surface area (Å²) in [6.45, 7) is 1.72. The number of benzene rings is 1. The van der Waals surface area contributed by atoms with E-state index >= 15 is 0 Å². The fourth-order valence-electron chi connectivity index (χ4n) is 2.87. The molecule has 0 amide bonds. The third-order valence-electron chi connectivity index (χ3n) is 4.31. The van der Waals surface area contributed by atoms with Crippen molar-refractivity contribution in [3.63, 3.8) is 0 Å². The quantitative estimate of drug-likeness (QED) is 0.243. The van der Waals surface area contributed by atoms with Gasteiger partial charge in [0.2, 0.25) is 0 Å². The Morgan fingerprint density at radius 2 is 1.93 bits per heavy atom. The molecule has 158 valence electrons. The molecule has 0 aliphatic heterocycles. The number of ether oxygens (including phenoxy) is 1. The van der Waals surface area contributed by atoms with E-state index in [-0.39, 0.29) is 12.3 Å². The van der Waals surface area contributed by atoms with Gasteiger partial charge >= 0.3 is 0 Å². The summed E-state index contributed by atoms with van der Waals surface area (Å²) in [5.41, 5.74) is -0.217. The number of halogens is 4. The van der Waals surface area contributed by atoms with Crippen LogP contribution < -0.4 is 4.74 Å². The van der Waals surface area contributed by atoms with Gasteiger partial charge in [-0.25, -0.2) is 17.6 Å².